The van der Waals surface area contributed by atoms with Gasteiger partial charge in [-0.15, -0.1) is 0 Å². The number of nitrogen functional groups attached to an aromatic ring is 2. The smallest absolute Gasteiger partial charge is 0.229 e. The topological polar surface area (TPSA) is 84.3 Å². The van der Waals surface area contributed by atoms with Crippen LogP contribution < -0.4 is 21.3 Å². The highest BCUT2D eigenvalue weighted by molar-refractivity contribution is 5.83. The van der Waals surface area contributed by atoms with Gasteiger partial charge in [-0.3, -0.25) is 0 Å². The van der Waals surface area contributed by atoms with Gasteiger partial charge in [0.25, 0.3) is 0 Å². The first-order valence-corrected chi connectivity index (χ1v) is 9.58. The number of aryl methyl sites for hydroxylation is 2. The van der Waals surface area contributed by atoms with Crippen molar-refractivity contribution in [2.24, 2.45) is 0 Å². The second-order valence-corrected chi connectivity index (χ2v) is 7.30. The van der Waals surface area contributed by atoms with Crippen molar-refractivity contribution in [1.82, 2.24) is 9.97 Å². The Labute approximate surface area is 165 Å². The average Bonchev–Trinajstić information content (AvgIpc) is 2.69. The van der Waals surface area contributed by atoms with Gasteiger partial charge >= 0.3 is 0 Å². The van der Waals surface area contributed by atoms with Gasteiger partial charge in [0.15, 0.2) is 0 Å². The highest BCUT2D eigenvalue weighted by Gasteiger charge is 2.22. The van der Waals surface area contributed by atoms with E-state index in [1.165, 1.54) is 16.8 Å². The summed E-state index contributed by atoms with van der Waals surface area (Å²) in [6.45, 7) is 7.68. The van der Waals surface area contributed by atoms with E-state index in [0.29, 0.717) is 23.1 Å². The number of benzene rings is 2. The number of aromatic nitrogens is 2. The predicted molar refractivity (Wildman–Crippen MR) is 117 cm³/mol. The molecule has 144 valence electrons. The lowest BCUT2D eigenvalue weighted by Crippen LogP contribution is -2.47. The summed E-state index contributed by atoms with van der Waals surface area (Å²) in [4.78, 5) is 13.7. The van der Waals surface area contributed by atoms with E-state index >= 15 is 0 Å². The summed E-state index contributed by atoms with van der Waals surface area (Å²) in [5, 5.41) is 0. The molecular weight excluding hydrogens is 348 g/mol. The molecule has 28 heavy (non-hydrogen) atoms. The van der Waals surface area contributed by atoms with Crippen molar-refractivity contribution in [3.8, 4) is 11.1 Å². The van der Waals surface area contributed by atoms with Crippen molar-refractivity contribution in [2.45, 2.75) is 13.8 Å². The minimum absolute atomic E-state index is 0.424. The number of piperazine rings is 1. The Balaban J connectivity index is 1.53. The molecule has 6 nitrogen and oxygen atoms in total. The Hall–Kier alpha value is -3.28. The molecular formula is C22H26N6. The number of nitrogens with two attached hydrogens (primary N) is 2. The van der Waals surface area contributed by atoms with E-state index in [-0.39, 0.29) is 0 Å². The summed E-state index contributed by atoms with van der Waals surface area (Å²) in [6, 6.07) is 16.6. The largest absolute Gasteiger partial charge is 0.383 e. The lowest BCUT2D eigenvalue weighted by atomic mass is 10.1. The zero-order chi connectivity index (χ0) is 19.7. The number of rotatable bonds is 3. The van der Waals surface area contributed by atoms with Crippen molar-refractivity contribution in [3.05, 3.63) is 59.7 Å². The van der Waals surface area contributed by atoms with E-state index in [1.54, 1.807) is 0 Å². The van der Waals surface area contributed by atoms with Crippen molar-refractivity contribution in [1.29, 1.82) is 0 Å². The molecule has 0 spiro atoms. The van der Waals surface area contributed by atoms with Gasteiger partial charge in [-0.25, -0.2) is 0 Å². The quantitative estimate of drug-likeness (QED) is 0.732. The molecule has 0 radical (unpaired) electrons. The molecule has 1 aliphatic rings. The number of para-hydroxylation sites is 1. The van der Waals surface area contributed by atoms with Crippen LogP contribution in [0.2, 0.25) is 0 Å². The van der Waals surface area contributed by atoms with Crippen LogP contribution >= 0.6 is 0 Å². The first kappa shape index (κ1) is 18.1. The Bertz CT molecular complexity index is 952. The molecule has 3 aromatic rings. The fourth-order valence-electron chi connectivity index (χ4n) is 3.71. The molecule has 0 bridgehead atoms. The molecule has 4 rings (SSSR count). The van der Waals surface area contributed by atoms with E-state index in [1.807, 2.05) is 31.2 Å². The summed E-state index contributed by atoms with van der Waals surface area (Å²) in [7, 11) is 0. The number of hydrogen-bond donors (Lipinski definition) is 2. The molecule has 1 aromatic heterocycles. The maximum absolute atomic E-state index is 6.27. The maximum Gasteiger partial charge on any atom is 0.229 e. The van der Waals surface area contributed by atoms with Crippen LogP contribution in [0.1, 0.15) is 11.1 Å². The van der Waals surface area contributed by atoms with Gasteiger partial charge in [0, 0.05) is 31.9 Å². The van der Waals surface area contributed by atoms with E-state index in [9.17, 15) is 0 Å². The van der Waals surface area contributed by atoms with Crippen LogP contribution in [-0.4, -0.2) is 36.1 Å². The molecule has 6 heteroatoms. The zero-order valence-corrected chi connectivity index (χ0v) is 16.4. The van der Waals surface area contributed by atoms with E-state index in [2.05, 4.69) is 51.0 Å². The van der Waals surface area contributed by atoms with E-state index < -0.39 is 0 Å². The summed E-state index contributed by atoms with van der Waals surface area (Å²) in [5.41, 5.74) is 18.0. The zero-order valence-electron chi connectivity index (χ0n) is 16.4. The van der Waals surface area contributed by atoms with Gasteiger partial charge in [-0.05, 0) is 31.0 Å². The van der Waals surface area contributed by atoms with Crippen LogP contribution in [0.4, 0.5) is 23.3 Å². The third-order valence-corrected chi connectivity index (χ3v) is 5.31. The monoisotopic (exact) mass is 374 g/mol. The molecule has 2 aromatic carbocycles. The van der Waals surface area contributed by atoms with Gasteiger partial charge in [0.2, 0.25) is 5.95 Å². The van der Waals surface area contributed by atoms with Crippen LogP contribution in [0.5, 0.6) is 0 Å². The Morgan fingerprint density at radius 2 is 1.32 bits per heavy atom. The fourth-order valence-corrected chi connectivity index (χ4v) is 3.71. The molecule has 1 aliphatic heterocycles. The Morgan fingerprint density at radius 3 is 1.93 bits per heavy atom. The second kappa shape index (κ2) is 7.38. The number of hydrogen-bond acceptors (Lipinski definition) is 6. The van der Waals surface area contributed by atoms with E-state index in [0.717, 1.165) is 31.7 Å². The Morgan fingerprint density at radius 1 is 0.750 bits per heavy atom. The van der Waals surface area contributed by atoms with Gasteiger partial charge < -0.3 is 21.3 Å². The molecule has 2 heterocycles. The van der Waals surface area contributed by atoms with Crippen molar-refractivity contribution in [2.75, 3.05) is 47.4 Å². The molecule has 0 saturated carbocycles. The van der Waals surface area contributed by atoms with Crippen LogP contribution in [0.3, 0.4) is 0 Å². The first-order chi connectivity index (χ1) is 13.5. The third kappa shape index (κ3) is 3.45. The molecule has 0 atom stereocenters. The third-order valence-electron chi connectivity index (χ3n) is 5.31. The molecule has 0 unspecified atom stereocenters. The summed E-state index contributed by atoms with van der Waals surface area (Å²) in [5.74, 6) is 1.45. The molecule has 0 amide bonds. The molecule has 4 N–H and O–H groups in total. The minimum atomic E-state index is 0.424. The van der Waals surface area contributed by atoms with Gasteiger partial charge in [0.1, 0.15) is 11.6 Å². The maximum atomic E-state index is 6.27. The first-order valence-electron chi connectivity index (χ1n) is 9.58. The van der Waals surface area contributed by atoms with Crippen LogP contribution in [0.25, 0.3) is 11.1 Å². The number of nitrogens with zero attached hydrogens (tertiary/aromatic N) is 4. The number of anilines is 4. The summed E-state index contributed by atoms with van der Waals surface area (Å²) in [6.07, 6.45) is 0. The Kier molecular flexibility index (Phi) is 4.77. The lowest BCUT2D eigenvalue weighted by Gasteiger charge is -2.37. The standard InChI is InChI=1S/C22H26N6/c1-15-7-9-17(10-8-15)19-20(23)25-22(26-21(19)24)28-13-11-27(12-14-28)18-6-4-3-5-16(18)2/h3-10H,11-14H2,1-2H3,(H4,23,24,25,26). The highest BCUT2D eigenvalue weighted by Crippen LogP contribution is 2.31. The van der Waals surface area contributed by atoms with Crippen LogP contribution in [-0.2, 0) is 0 Å². The SMILES string of the molecule is Cc1ccc(-c2c(N)nc(N3CCN(c4ccccc4C)CC3)nc2N)cc1. The molecule has 0 aliphatic carbocycles. The van der Waals surface area contributed by atoms with Gasteiger partial charge in [-0.2, -0.15) is 9.97 Å². The molecule has 1 saturated heterocycles. The van der Waals surface area contributed by atoms with Crippen molar-refractivity contribution in [3.63, 3.8) is 0 Å². The summed E-state index contributed by atoms with van der Waals surface area (Å²) >= 11 is 0. The van der Waals surface area contributed by atoms with Crippen LogP contribution in [0.15, 0.2) is 48.5 Å². The fraction of sp³-hybridized carbons (Fsp3) is 0.273. The van der Waals surface area contributed by atoms with Gasteiger partial charge in [0.05, 0.1) is 5.56 Å². The van der Waals surface area contributed by atoms with Crippen LogP contribution in [0, 0.1) is 13.8 Å². The van der Waals surface area contributed by atoms with E-state index in [4.69, 9.17) is 11.5 Å². The molecule has 1 fully saturated rings. The van der Waals surface area contributed by atoms with Gasteiger partial charge in [-0.1, -0.05) is 48.0 Å². The van der Waals surface area contributed by atoms with Crippen molar-refractivity contribution >= 4 is 23.3 Å². The second-order valence-electron chi connectivity index (χ2n) is 7.30. The minimum Gasteiger partial charge on any atom is -0.383 e. The van der Waals surface area contributed by atoms with Crippen molar-refractivity contribution < 1.29 is 0 Å². The lowest BCUT2D eigenvalue weighted by molar-refractivity contribution is 0.640. The summed E-state index contributed by atoms with van der Waals surface area (Å²) < 4.78 is 0. The predicted octanol–water partition coefficient (Wildman–Crippen LogP) is 3.25. The average molecular weight is 374 g/mol. The normalized spacial score (nSPS) is 14.4. The highest BCUT2D eigenvalue weighted by atomic mass is 15.3.